The third-order valence-corrected chi connectivity index (χ3v) is 3.44. The van der Waals surface area contributed by atoms with Gasteiger partial charge in [-0.25, -0.2) is 0 Å². The van der Waals surface area contributed by atoms with Gasteiger partial charge in [-0.3, -0.25) is 4.79 Å². The lowest BCUT2D eigenvalue weighted by Gasteiger charge is -2.11. The number of carbonyl (C=O) groups is 1. The van der Waals surface area contributed by atoms with Crippen molar-refractivity contribution < 1.29 is 4.79 Å². The molecule has 0 aliphatic carbocycles. The van der Waals surface area contributed by atoms with Crippen LogP contribution < -0.4 is 10.6 Å². The number of para-hydroxylation sites is 1. The fourth-order valence-corrected chi connectivity index (χ4v) is 2.34. The molecule has 0 unspecified atom stereocenters. The number of halogens is 1. The van der Waals surface area contributed by atoms with E-state index >= 15 is 0 Å². The first-order chi connectivity index (χ1) is 9.69. The van der Waals surface area contributed by atoms with Crippen LogP contribution in [0, 0.1) is 0 Å². The van der Waals surface area contributed by atoms with Gasteiger partial charge < -0.3 is 10.6 Å². The third-order valence-electron chi connectivity index (χ3n) is 2.95. The fraction of sp³-hybridized carbons (Fsp3) is 0.188. The molecule has 2 aromatic rings. The van der Waals surface area contributed by atoms with Crippen molar-refractivity contribution in [2.24, 2.45) is 0 Å². The zero-order chi connectivity index (χ0) is 14.4. The maximum Gasteiger partial charge on any atom is 0.243 e. The Morgan fingerprint density at radius 2 is 1.90 bits per heavy atom. The van der Waals surface area contributed by atoms with E-state index in [-0.39, 0.29) is 12.5 Å². The van der Waals surface area contributed by atoms with Gasteiger partial charge in [-0.05, 0) is 42.3 Å². The van der Waals surface area contributed by atoms with Crippen LogP contribution in [-0.2, 0) is 11.2 Å². The normalized spacial score (nSPS) is 10.1. The van der Waals surface area contributed by atoms with Gasteiger partial charge in [-0.2, -0.15) is 0 Å². The van der Waals surface area contributed by atoms with Crippen molar-refractivity contribution in [3.05, 3.63) is 58.6 Å². The summed E-state index contributed by atoms with van der Waals surface area (Å²) in [6.45, 7) is 2.35. The average Bonchev–Trinajstić information content (AvgIpc) is 2.47. The molecule has 0 radical (unpaired) electrons. The van der Waals surface area contributed by atoms with Crippen LogP contribution in [-0.4, -0.2) is 12.5 Å². The van der Waals surface area contributed by atoms with Crippen molar-refractivity contribution in [3.8, 4) is 0 Å². The molecule has 0 bridgehead atoms. The first-order valence-electron chi connectivity index (χ1n) is 6.56. The molecule has 2 rings (SSSR count). The van der Waals surface area contributed by atoms with Crippen LogP contribution in [0.5, 0.6) is 0 Å². The van der Waals surface area contributed by atoms with Crippen LogP contribution in [0.3, 0.4) is 0 Å². The quantitative estimate of drug-likeness (QED) is 0.866. The molecule has 4 heteroatoms. The summed E-state index contributed by atoms with van der Waals surface area (Å²) in [4.78, 5) is 11.9. The molecule has 0 aliphatic heterocycles. The Bertz CT molecular complexity index is 584. The lowest BCUT2D eigenvalue weighted by atomic mass is 10.1. The number of aryl methyl sites for hydroxylation is 1. The highest BCUT2D eigenvalue weighted by Crippen LogP contribution is 2.21. The van der Waals surface area contributed by atoms with E-state index in [9.17, 15) is 4.79 Å². The van der Waals surface area contributed by atoms with Crippen molar-refractivity contribution in [3.63, 3.8) is 0 Å². The number of amides is 1. The number of carbonyl (C=O) groups excluding carboxylic acids is 1. The van der Waals surface area contributed by atoms with Crippen LogP contribution in [0.15, 0.2) is 53.0 Å². The fourth-order valence-electron chi connectivity index (χ4n) is 1.93. The van der Waals surface area contributed by atoms with Crippen molar-refractivity contribution in [1.82, 2.24) is 0 Å². The van der Waals surface area contributed by atoms with Gasteiger partial charge in [0.05, 0.1) is 6.54 Å². The van der Waals surface area contributed by atoms with Gasteiger partial charge in [0, 0.05) is 15.8 Å². The SMILES string of the molecule is CCc1cc(Br)ccc1NCC(=O)Nc1ccccc1. The minimum Gasteiger partial charge on any atom is -0.376 e. The molecule has 2 aromatic carbocycles. The van der Waals surface area contributed by atoms with E-state index in [0.717, 1.165) is 22.3 Å². The molecule has 0 saturated carbocycles. The largest absolute Gasteiger partial charge is 0.376 e. The Hall–Kier alpha value is -1.81. The summed E-state index contributed by atoms with van der Waals surface area (Å²) in [6.07, 6.45) is 0.919. The third kappa shape index (κ3) is 4.10. The number of hydrogen-bond donors (Lipinski definition) is 2. The summed E-state index contributed by atoms with van der Waals surface area (Å²) < 4.78 is 1.05. The monoisotopic (exact) mass is 332 g/mol. The molecule has 0 atom stereocenters. The summed E-state index contributed by atoms with van der Waals surface area (Å²) in [5.74, 6) is -0.0545. The molecule has 0 saturated heterocycles. The summed E-state index contributed by atoms with van der Waals surface area (Å²) in [5, 5.41) is 6.03. The number of hydrogen-bond acceptors (Lipinski definition) is 2. The van der Waals surface area contributed by atoms with Crippen LogP contribution >= 0.6 is 15.9 Å². The van der Waals surface area contributed by atoms with E-state index in [0.29, 0.717) is 0 Å². The van der Waals surface area contributed by atoms with Crippen LogP contribution in [0.2, 0.25) is 0 Å². The zero-order valence-electron chi connectivity index (χ0n) is 11.3. The Morgan fingerprint density at radius 1 is 1.15 bits per heavy atom. The van der Waals surface area contributed by atoms with Gasteiger partial charge in [0.25, 0.3) is 0 Å². The van der Waals surface area contributed by atoms with Gasteiger partial charge >= 0.3 is 0 Å². The molecular formula is C16H17BrN2O. The smallest absolute Gasteiger partial charge is 0.243 e. The maximum atomic E-state index is 11.9. The molecular weight excluding hydrogens is 316 g/mol. The lowest BCUT2D eigenvalue weighted by Crippen LogP contribution is -2.22. The van der Waals surface area contributed by atoms with Crippen LogP contribution in [0.4, 0.5) is 11.4 Å². The Labute approximate surface area is 127 Å². The lowest BCUT2D eigenvalue weighted by molar-refractivity contribution is -0.114. The standard InChI is InChI=1S/C16H17BrN2O/c1-2-12-10-13(17)8-9-15(12)18-11-16(20)19-14-6-4-3-5-7-14/h3-10,18H,2,11H2,1H3,(H,19,20). The van der Waals surface area contributed by atoms with E-state index in [1.807, 2.05) is 42.5 Å². The second kappa shape index (κ2) is 7.10. The van der Waals surface area contributed by atoms with Crippen molar-refractivity contribution in [2.75, 3.05) is 17.2 Å². The first kappa shape index (κ1) is 14.6. The number of benzene rings is 2. The highest BCUT2D eigenvalue weighted by atomic mass is 79.9. The molecule has 20 heavy (non-hydrogen) atoms. The van der Waals surface area contributed by atoms with Crippen LogP contribution in [0.1, 0.15) is 12.5 Å². The average molecular weight is 333 g/mol. The molecule has 0 spiro atoms. The topological polar surface area (TPSA) is 41.1 Å². The molecule has 3 nitrogen and oxygen atoms in total. The maximum absolute atomic E-state index is 11.9. The summed E-state index contributed by atoms with van der Waals surface area (Å²) in [6, 6.07) is 15.5. The predicted octanol–water partition coefficient (Wildman–Crippen LogP) is 4.06. The van der Waals surface area contributed by atoms with E-state index < -0.39 is 0 Å². The molecule has 0 aliphatic rings. The highest BCUT2D eigenvalue weighted by Gasteiger charge is 2.05. The number of nitrogens with one attached hydrogen (secondary N) is 2. The Kier molecular flexibility index (Phi) is 5.18. The van der Waals surface area contributed by atoms with Gasteiger partial charge in [-0.1, -0.05) is 41.1 Å². The number of anilines is 2. The van der Waals surface area contributed by atoms with Gasteiger partial charge in [0.15, 0.2) is 0 Å². The van der Waals surface area contributed by atoms with Gasteiger partial charge in [0.1, 0.15) is 0 Å². The van der Waals surface area contributed by atoms with E-state index in [1.165, 1.54) is 5.56 Å². The summed E-state index contributed by atoms with van der Waals surface area (Å²) >= 11 is 3.45. The molecule has 104 valence electrons. The summed E-state index contributed by atoms with van der Waals surface area (Å²) in [5.41, 5.74) is 3.00. The summed E-state index contributed by atoms with van der Waals surface area (Å²) in [7, 11) is 0. The van der Waals surface area contributed by atoms with E-state index in [4.69, 9.17) is 0 Å². The van der Waals surface area contributed by atoms with Gasteiger partial charge in [-0.15, -0.1) is 0 Å². The van der Waals surface area contributed by atoms with Crippen molar-refractivity contribution in [2.45, 2.75) is 13.3 Å². The van der Waals surface area contributed by atoms with Crippen molar-refractivity contribution >= 4 is 33.2 Å². The predicted molar refractivity (Wildman–Crippen MR) is 87.1 cm³/mol. The zero-order valence-corrected chi connectivity index (χ0v) is 12.9. The minimum absolute atomic E-state index is 0.0545. The molecule has 0 fully saturated rings. The van der Waals surface area contributed by atoms with E-state index in [1.54, 1.807) is 0 Å². The molecule has 2 N–H and O–H groups in total. The molecule has 0 aromatic heterocycles. The van der Waals surface area contributed by atoms with E-state index in [2.05, 4.69) is 39.6 Å². The van der Waals surface area contributed by atoms with Crippen molar-refractivity contribution in [1.29, 1.82) is 0 Å². The first-order valence-corrected chi connectivity index (χ1v) is 7.35. The minimum atomic E-state index is -0.0545. The second-order valence-corrected chi connectivity index (χ2v) is 5.34. The van der Waals surface area contributed by atoms with Crippen LogP contribution in [0.25, 0.3) is 0 Å². The Balaban J connectivity index is 1.93. The highest BCUT2D eigenvalue weighted by molar-refractivity contribution is 9.10. The Morgan fingerprint density at radius 3 is 2.60 bits per heavy atom. The molecule has 1 amide bonds. The number of rotatable bonds is 5. The second-order valence-electron chi connectivity index (χ2n) is 4.42. The molecule has 0 heterocycles. The van der Waals surface area contributed by atoms with Gasteiger partial charge in [0.2, 0.25) is 5.91 Å².